The number of methoxy groups -OCH3 is 1. The van der Waals surface area contributed by atoms with Gasteiger partial charge < -0.3 is 24.3 Å². The van der Waals surface area contributed by atoms with E-state index >= 15 is 0 Å². The Hall–Kier alpha value is -0.690. The first-order valence-electron chi connectivity index (χ1n) is 6.68. The highest BCUT2D eigenvalue weighted by Gasteiger charge is 2.20. The second-order valence-corrected chi connectivity index (χ2v) is 4.31. The van der Waals surface area contributed by atoms with E-state index in [2.05, 4.69) is 5.32 Å². The Balaban J connectivity index is 3.76. The summed E-state index contributed by atoms with van der Waals surface area (Å²) in [5.41, 5.74) is 0. The van der Waals surface area contributed by atoms with Crippen molar-refractivity contribution in [2.24, 2.45) is 0 Å². The summed E-state index contributed by atoms with van der Waals surface area (Å²) in [6.07, 6.45) is 0. The molecule has 1 unspecified atom stereocenters. The van der Waals surface area contributed by atoms with E-state index in [4.69, 9.17) is 18.9 Å². The van der Waals surface area contributed by atoms with Crippen molar-refractivity contribution in [1.29, 1.82) is 0 Å². The van der Waals surface area contributed by atoms with Crippen LogP contribution in [0.3, 0.4) is 0 Å². The summed E-state index contributed by atoms with van der Waals surface area (Å²) in [6, 6.07) is -0.241. The van der Waals surface area contributed by atoms with Gasteiger partial charge in [-0.05, 0) is 6.92 Å². The zero-order chi connectivity index (χ0) is 14.5. The van der Waals surface area contributed by atoms with Gasteiger partial charge in [0.2, 0.25) is 0 Å². The van der Waals surface area contributed by atoms with E-state index < -0.39 is 6.04 Å². The van der Waals surface area contributed by atoms with Crippen LogP contribution in [0, 0.1) is 0 Å². The minimum absolute atomic E-state index is 0.191. The first-order chi connectivity index (χ1) is 9.11. The van der Waals surface area contributed by atoms with Gasteiger partial charge in [0.05, 0.1) is 39.6 Å². The highest BCUT2D eigenvalue weighted by Crippen LogP contribution is 1.94. The largest absolute Gasteiger partial charge is 0.465 e. The maximum atomic E-state index is 11.7. The van der Waals surface area contributed by atoms with Gasteiger partial charge in [-0.2, -0.15) is 0 Å². The van der Waals surface area contributed by atoms with E-state index in [1.165, 1.54) is 0 Å². The van der Waals surface area contributed by atoms with Crippen molar-refractivity contribution in [3.05, 3.63) is 0 Å². The SMILES string of the molecule is CCOC(=O)C(COCCOCCOC)NC(C)C. The lowest BCUT2D eigenvalue weighted by atomic mass is 10.2. The molecule has 1 atom stereocenters. The van der Waals surface area contributed by atoms with Crippen molar-refractivity contribution in [3.8, 4) is 0 Å². The van der Waals surface area contributed by atoms with Gasteiger partial charge >= 0.3 is 5.97 Å². The molecule has 0 spiro atoms. The third-order valence-corrected chi connectivity index (χ3v) is 2.19. The molecule has 0 rings (SSSR count). The highest BCUT2D eigenvalue weighted by molar-refractivity contribution is 5.75. The molecule has 6 heteroatoms. The maximum Gasteiger partial charge on any atom is 0.325 e. The fourth-order valence-electron chi connectivity index (χ4n) is 1.39. The number of carbonyl (C=O) groups excluding carboxylic acids is 1. The molecule has 114 valence electrons. The molecule has 0 aliphatic carbocycles. The van der Waals surface area contributed by atoms with Crippen molar-refractivity contribution in [2.45, 2.75) is 32.9 Å². The Labute approximate surface area is 115 Å². The van der Waals surface area contributed by atoms with Gasteiger partial charge in [0.1, 0.15) is 6.04 Å². The quantitative estimate of drug-likeness (QED) is 0.416. The predicted octanol–water partition coefficient (Wildman–Crippen LogP) is 0.596. The molecular formula is C13H27NO5. The van der Waals surface area contributed by atoms with E-state index in [1.54, 1.807) is 14.0 Å². The van der Waals surface area contributed by atoms with Crippen molar-refractivity contribution < 1.29 is 23.7 Å². The van der Waals surface area contributed by atoms with Crippen molar-refractivity contribution in [2.75, 3.05) is 46.8 Å². The lowest BCUT2D eigenvalue weighted by Gasteiger charge is -2.19. The monoisotopic (exact) mass is 277 g/mol. The summed E-state index contributed by atoms with van der Waals surface area (Å²) < 4.78 is 20.5. The normalized spacial score (nSPS) is 12.7. The Kier molecular flexibility index (Phi) is 11.9. The van der Waals surface area contributed by atoms with Crippen LogP contribution in [0.2, 0.25) is 0 Å². The summed E-state index contributed by atoms with van der Waals surface area (Å²) in [4.78, 5) is 11.7. The smallest absolute Gasteiger partial charge is 0.325 e. The summed E-state index contributed by atoms with van der Waals surface area (Å²) >= 11 is 0. The molecule has 0 saturated heterocycles. The van der Waals surface area contributed by atoms with Gasteiger partial charge in [-0.25, -0.2) is 0 Å². The van der Waals surface area contributed by atoms with Gasteiger partial charge in [0.15, 0.2) is 0 Å². The molecule has 0 aromatic rings. The number of ether oxygens (including phenoxy) is 4. The van der Waals surface area contributed by atoms with Gasteiger partial charge in [0, 0.05) is 13.2 Å². The molecule has 0 heterocycles. The van der Waals surface area contributed by atoms with Crippen LogP contribution in [0.1, 0.15) is 20.8 Å². The molecule has 0 aliphatic heterocycles. The number of hydrogen-bond donors (Lipinski definition) is 1. The van der Waals surface area contributed by atoms with E-state index in [0.717, 1.165) is 0 Å². The van der Waals surface area contributed by atoms with E-state index in [1.807, 2.05) is 13.8 Å². The fourth-order valence-corrected chi connectivity index (χ4v) is 1.39. The molecule has 0 saturated carbocycles. The van der Waals surface area contributed by atoms with E-state index in [-0.39, 0.29) is 18.6 Å². The standard InChI is InChI=1S/C13H27NO5/c1-5-19-13(15)12(14-11(2)3)10-18-9-8-17-7-6-16-4/h11-12,14H,5-10H2,1-4H3. The van der Waals surface area contributed by atoms with Gasteiger partial charge in [0.25, 0.3) is 0 Å². The van der Waals surface area contributed by atoms with Gasteiger partial charge in [-0.1, -0.05) is 13.8 Å². The second-order valence-electron chi connectivity index (χ2n) is 4.31. The zero-order valence-electron chi connectivity index (χ0n) is 12.4. The number of carbonyl (C=O) groups is 1. The van der Waals surface area contributed by atoms with Crippen LogP contribution in [-0.2, 0) is 23.7 Å². The van der Waals surface area contributed by atoms with E-state index in [0.29, 0.717) is 33.0 Å². The molecule has 6 nitrogen and oxygen atoms in total. The van der Waals surface area contributed by atoms with E-state index in [9.17, 15) is 4.79 Å². The van der Waals surface area contributed by atoms with Crippen LogP contribution < -0.4 is 5.32 Å². The lowest BCUT2D eigenvalue weighted by molar-refractivity contribution is -0.147. The van der Waals surface area contributed by atoms with Crippen LogP contribution in [0.15, 0.2) is 0 Å². The summed E-state index contributed by atoms with van der Waals surface area (Å²) in [5.74, 6) is -0.281. The lowest BCUT2D eigenvalue weighted by Crippen LogP contribution is -2.45. The predicted molar refractivity (Wildman–Crippen MR) is 72.2 cm³/mol. The van der Waals surface area contributed by atoms with Crippen LogP contribution in [0.25, 0.3) is 0 Å². The fraction of sp³-hybridized carbons (Fsp3) is 0.923. The van der Waals surface area contributed by atoms with Gasteiger partial charge in [-0.15, -0.1) is 0 Å². The first-order valence-corrected chi connectivity index (χ1v) is 6.68. The molecular weight excluding hydrogens is 250 g/mol. The molecule has 0 aromatic carbocycles. The third-order valence-electron chi connectivity index (χ3n) is 2.19. The Morgan fingerprint density at radius 2 is 1.74 bits per heavy atom. The average Bonchev–Trinajstić information content (AvgIpc) is 2.36. The second kappa shape index (κ2) is 12.3. The van der Waals surface area contributed by atoms with Gasteiger partial charge in [-0.3, -0.25) is 4.79 Å². The average molecular weight is 277 g/mol. The molecule has 0 bridgehead atoms. The molecule has 0 aliphatic rings. The number of rotatable bonds is 12. The summed E-state index contributed by atoms with van der Waals surface area (Å²) in [6.45, 7) is 8.43. The summed E-state index contributed by atoms with van der Waals surface area (Å²) in [7, 11) is 1.63. The summed E-state index contributed by atoms with van der Waals surface area (Å²) in [5, 5.41) is 3.12. The number of nitrogens with one attached hydrogen (secondary N) is 1. The van der Waals surface area contributed by atoms with Crippen LogP contribution in [-0.4, -0.2) is 64.8 Å². The molecule has 0 fully saturated rings. The van der Waals surface area contributed by atoms with Crippen LogP contribution in [0.4, 0.5) is 0 Å². The number of hydrogen-bond acceptors (Lipinski definition) is 6. The number of esters is 1. The molecule has 0 amide bonds. The Bertz CT molecular complexity index is 223. The maximum absolute atomic E-state index is 11.7. The third kappa shape index (κ3) is 10.9. The zero-order valence-corrected chi connectivity index (χ0v) is 12.4. The minimum atomic E-state index is -0.432. The van der Waals surface area contributed by atoms with Crippen molar-refractivity contribution >= 4 is 5.97 Å². The Morgan fingerprint density at radius 3 is 2.32 bits per heavy atom. The molecule has 19 heavy (non-hydrogen) atoms. The minimum Gasteiger partial charge on any atom is -0.465 e. The molecule has 0 aromatic heterocycles. The molecule has 1 N–H and O–H groups in total. The van der Waals surface area contributed by atoms with Crippen molar-refractivity contribution in [3.63, 3.8) is 0 Å². The van der Waals surface area contributed by atoms with Crippen LogP contribution in [0.5, 0.6) is 0 Å². The van der Waals surface area contributed by atoms with Crippen LogP contribution >= 0.6 is 0 Å². The highest BCUT2D eigenvalue weighted by atomic mass is 16.5. The topological polar surface area (TPSA) is 66.0 Å². The molecule has 0 radical (unpaired) electrons. The van der Waals surface area contributed by atoms with Crippen molar-refractivity contribution in [1.82, 2.24) is 5.32 Å². The first kappa shape index (κ1) is 18.3. The Morgan fingerprint density at radius 1 is 1.11 bits per heavy atom.